The van der Waals surface area contributed by atoms with Gasteiger partial charge in [0.1, 0.15) is 5.82 Å². The second-order valence-corrected chi connectivity index (χ2v) is 4.27. The molecule has 0 amide bonds. The molecule has 0 aliphatic rings. The van der Waals surface area contributed by atoms with Gasteiger partial charge in [0.2, 0.25) is 0 Å². The van der Waals surface area contributed by atoms with E-state index in [2.05, 4.69) is 4.98 Å². The number of aromatic amines is 1. The van der Waals surface area contributed by atoms with Crippen LogP contribution in [0, 0.1) is 5.82 Å². The van der Waals surface area contributed by atoms with Crippen molar-refractivity contribution in [1.82, 2.24) is 4.98 Å². The van der Waals surface area contributed by atoms with Gasteiger partial charge in [0.15, 0.2) is 0 Å². The summed E-state index contributed by atoms with van der Waals surface area (Å²) in [5.74, 6) is -1.17. The van der Waals surface area contributed by atoms with Crippen LogP contribution in [0.3, 0.4) is 0 Å². The fourth-order valence-corrected chi connectivity index (χ4v) is 2.20. The SMILES string of the molecule is O=C(O)Cc1ccc2[nH]c3ccc(F)cc3c2c1. The third-order valence-electron chi connectivity index (χ3n) is 2.98. The number of carbonyl (C=O) groups is 1. The third kappa shape index (κ3) is 1.72. The Hall–Kier alpha value is -2.36. The minimum absolute atomic E-state index is 0.0298. The van der Waals surface area contributed by atoms with Gasteiger partial charge < -0.3 is 10.1 Å². The van der Waals surface area contributed by atoms with Crippen molar-refractivity contribution >= 4 is 27.8 Å². The van der Waals surface area contributed by atoms with Gasteiger partial charge in [-0.1, -0.05) is 6.07 Å². The van der Waals surface area contributed by atoms with E-state index in [0.29, 0.717) is 5.56 Å². The molecule has 0 radical (unpaired) electrons. The monoisotopic (exact) mass is 243 g/mol. The Balaban J connectivity index is 2.27. The molecule has 0 saturated carbocycles. The number of benzene rings is 2. The molecule has 4 heteroatoms. The number of carboxylic acid groups (broad SMARTS) is 1. The minimum Gasteiger partial charge on any atom is -0.481 e. The van der Waals surface area contributed by atoms with Gasteiger partial charge in [0, 0.05) is 21.8 Å². The molecule has 90 valence electrons. The number of aromatic nitrogens is 1. The largest absolute Gasteiger partial charge is 0.481 e. The average Bonchev–Trinajstić information content (AvgIpc) is 2.66. The lowest BCUT2D eigenvalue weighted by molar-refractivity contribution is -0.136. The zero-order valence-electron chi connectivity index (χ0n) is 9.40. The number of fused-ring (bicyclic) bond motifs is 3. The molecular weight excluding hydrogens is 233 g/mol. The summed E-state index contributed by atoms with van der Waals surface area (Å²) in [5, 5.41) is 10.4. The molecule has 0 spiro atoms. The molecule has 0 unspecified atom stereocenters. The van der Waals surface area contributed by atoms with Crippen molar-refractivity contribution in [2.75, 3.05) is 0 Å². The molecular formula is C14H10FNO2. The van der Waals surface area contributed by atoms with E-state index in [1.807, 2.05) is 6.07 Å². The summed E-state index contributed by atoms with van der Waals surface area (Å²) in [4.78, 5) is 13.9. The van der Waals surface area contributed by atoms with E-state index in [-0.39, 0.29) is 12.2 Å². The maximum Gasteiger partial charge on any atom is 0.307 e. The molecule has 0 bridgehead atoms. The fourth-order valence-electron chi connectivity index (χ4n) is 2.20. The van der Waals surface area contributed by atoms with Crippen LogP contribution >= 0.6 is 0 Å². The second-order valence-electron chi connectivity index (χ2n) is 4.27. The fraction of sp³-hybridized carbons (Fsp3) is 0.0714. The van der Waals surface area contributed by atoms with Crippen molar-refractivity contribution in [2.45, 2.75) is 6.42 Å². The number of rotatable bonds is 2. The summed E-state index contributed by atoms with van der Waals surface area (Å²) in [7, 11) is 0. The van der Waals surface area contributed by atoms with Crippen LogP contribution in [0.15, 0.2) is 36.4 Å². The van der Waals surface area contributed by atoms with Crippen LogP contribution in [0.2, 0.25) is 0 Å². The Labute approximate surface area is 102 Å². The zero-order chi connectivity index (χ0) is 12.7. The van der Waals surface area contributed by atoms with Crippen LogP contribution in [0.25, 0.3) is 21.8 Å². The Bertz CT molecular complexity index is 761. The van der Waals surface area contributed by atoms with Crippen LogP contribution < -0.4 is 0 Å². The van der Waals surface area contributed by atoms with Gasteiger partial charge in [-0.15, -0.1) is 0 Å². The quantitative estimate of drug-likeness (QED) is 0.726. The van der Waals surface area contributed by atoms with Crippen molar-refractivity contribution in [3.8, 4) is 0 Å². The Morgan fingerprint density at radius 3 is 2.50 bits per heavy atom. The van der Waals surface area contributed by atoms with Gasteiger partial charge in [-0.2, -0.15) is 0 Å². The number of H-pyrrole nitrogens is 1. The topological polar surface area (TPSA) is 53.1 Å². The highest BCUT2D eigenvalue weighted by Gasteiger charge is 2.07. The van der Waals surface area contributed by atoms with Gasteiger partial charge in [0.25, 0.3) is 0 Å². The molecule has 18 heavy (non-hydrogen) atoms. The van der Waals surface area contributed by atoms with E-state index in [0.717, 1.165) is 21.8 Å². The van der Waals surface area contributed by atoms with Crippen LogP contribution in [-0.2, 0) is 11.2 Å². The van der Waals surface area contributed by atoms with Gasteiger partial charge in [-0.3, -0.25) is 4.79 Å². The Morgan fingerprint density at radius 1 is 1.11 bits per heavy atom. The molecule has 3 rings (SSSR count). The molecule has 2 aromatic carbocycles. The van der Waals surface area contributed by atoms with Gasteiger partial charge >= 0.3 is 5.97 Å². The third-order valence-corrected chi connectivity index (χ3v) is 2.98. The second kappa shape index (κ2) is 3.84. The smallest absolute Gasteiger partial charge is 0.307 e. The first kappa shape index (κ1) is 10.8. The number of nitrogens with one attached hydrogen (secondary N) is 1. The normalized spacial score (nSPS) is 11.2. The molecule has 1 aromatic heterocycles. The highest BCUT2D eigenvalue weighted by molar-refractivity contribution is 6.07. The first-order chi connectivity index (χ1) is 8.63. The van der Waals surface area contributed by atoms with E-state index in [1.165, 1.54) is 12.1 Å². The summed E-state index contributed by atoms with van der Waals surface area (Å²) in [6.07, 6.45) is -0.0298. The molecule has 0 fully saturated rings. The average molecular weight is 243 g/mol. The van der Waals surface area contributed by atoms with Crippen molar-refractivity contribution < 1.29 is 14.3 Å². The summed E-state index contributed by atoms with van der Waals surface area (Å²) >= 11 is 0. The maximum absolute atomic E-state index is 13.2. The summed E-state index contributed by atoms with van der Waals surface area (Å²) in [6, 6.07) is 9.92. The molecule has 1 heterocycles. The number of carboxylic acids is 1. The Kier molecular flexibility index (Phi) is 2.30. The molecule has 0 atom stereocenters. The molecule has 3 aromatic rings. The number of aliphatic carboxylic acids is 1. The molecule has 0 aliphatic carbocycles. The number of hydrogen-bond acceptors (Lipinski definition) is 1. The number of halogens is 1. The zero-order valence-corrected chi connectivity index (χ0v) is 9.40. The number of hydrogen-bond donors (Lipinski definition) is 2. The summed E-state index contributed by atoms with van der Waals surface area (Å²) in [5.41, 5.74) is 2.43. The van der Waals surface area contributed by atoms with Crippen molar-refractivity contribution in [2.24, 2.45) is 0 Å². The maximum atomic E-state index is 13.2. The molecule has 0 saturated heterocycles. The van der Waals surface area contributed by atoms with Crippen LogP contribution in [-0.4, -0.2) is 16.1 Å². The summed E-state index contributed by atoms with van der Waals surface area (Å²) in [6.45, 7) is 0. The first-order valence-electron chi connectivity index (χ1n) is 5.55. The Morgan fingerprint density at radius 2 is 1.78 bits per heavy atom. The highest BCUT2D eigenvalue weighted by Crippen LogP contribution is 2.27. The van der Waals surface area contributed by atoms with Crippen molar-refractivity contribution in [3.05, 3.63) is 47.8 Å². The van der Waals surface area contributed by atoms with Crippen molar-refractivity contribution in [3.63, 3.8) is 0 Å². The van der Waals surface area contributed by atoms with Crippen molar-refractivity contribution in [1.29, 1.82) is 0 Å². The van der Waals surface area contributed by atoms with Gasteiger partial charge in [-0.25, -0.2) is 4.39 Å². The van der Waals surface area contributed by atoms with E-state index in [1.54, 1.807) is 18.2 Å². The lowest BCUT2D eigenvalue weighted by Crippen LogP contribution is -1.99. The minimum atomic E-state index is -0.875. The van der Waals surface area contributed by atoms with Gasteiger partial charge in [0.05, 0.1) is 6.42 Å². The molecule has 3 nitrogen and oxygen atoms in total. The van der Waals surface area contributed by atoms with E-state index >= 15 is 0 Å². The van der Waals surface area contributed by atoms with Crippen LogP contribution in [0.1, 0.15) is 5.56 Å². The predicted octanol–water partition coefficient (Wildman–Crippen LogP) is 3.09. The molecule has 0 aliphatic heterocycles. The van der Waals surface area contributed by atoms with E-state index < -0.39 is 5.97 Å². The highest BCUT2D eigenvalue weighted by atomic mass is 19.1. The lowest BCUT2D eigenvalue weighted by Gasteiger charge is -1.97. The lowest BCUT2D eigenvalue weighted by atomic mass is 10.1. The summed E-state index contributed by atoms with van der Waals surface area (Å²) < 4.78 is 13.2. The predicted molar refractivity (Wildman–Crippen MR) is 67.1 cm³/mol. The standard InChI is InChI=1S/C14H10FNO2/c15-9-2-4-13-11(7-9)10-5-8(6-14(17)18)1-3-12(10)16-13/h1-5,7,16H,6H2,(H,17,18). The van der Waals surface area contributed by atoms with E-state index in [9.17, 15) is 9.18 Å². The first-order valence-corrected chi connectivity index (χ1v) is 5.55. The van der Waals surface area contributed by atoms with Gasteiger partial charge in [-0.05, 0) is 35.9 Å². The molecule has 2 N–H and O–H groups in total. The van der Waals surface area contributed by atoms with Crippen LogP contribution in [0.5, 0.6) is 0 Å². The van der Waals surface area contributed by atoms with E-state index in [4.69, 9.17) is 5.11 Å². The van der Waals surface area contributed by atoms with Crippen LogP contribution in [0.4, 0.5) is 4.39 Å².